The Hall–Kier alpha value is -1.20. The van der Waals surface area contributed by atoms with Crippen molar-refractivity contribution in [3.8, 4) is 10.6 Å². The van der Waals surface area contributed by atoms with E-state index in [9.17, 15) is 4.79 Å². The van der Waals surface area contributed by atoms with E-state index in [1.807, 2.05) is 5.38 Å². The highest BCUT2D eigenvalue weighted by Gasteiger charge is 2.08. The lowest BCUT2D eigenvalue weighted by Crippen LogP contribution is -2.10. The molecule has 0 aliphatic carbocycles. The largest absolute Gasteiger partial charge is 0.302 e. The van der Waals surface area contributed by atoms with Crippen LogP contribution in [0.5, 0.6) is 0 Å². The molecule has 0 bridgehead atoms. The summed E-state index contributed by atoms with van der Waals surface area (Å²) in [7, 11) is 0. The van der Waals surface area contributed by atoms with Crippen molar-refractivity contribution < 1.29 is 4.79 Å². The molecule has 0 saturated heterocycles. The van der Waals surface area contributed by atoms with Gasteiger partial charge in [-0.25, -0.2) is 4.98 Å². The molecule has 0 aromatic carbocycles. The fraction of sp³-hybridized carbons (Fsp3) is 0.385. The normalized spacial score (nSPS) is 10.6. The van der Waals surface area contributed by atoms with Crippen LogP contribution in [-0.4, -0.2) is 10.9 Å². The minimum absolute atomic E-state index is 0.0557. The monoisotopic (exact) mass is 280 g/mol. The van der Waals surface area contributed by atoms with E-state index in [4.69, 9.17) is 0 Å². The van der Waals surface area contributed by atoms with Crippen LogP contribution in [0, 0.1) is 6.92 Å². The predicted molar refractivity (Wildman–Crippen MR) is 78.3 cm³/mol. The lowest BCUT2D eigenvalue weighted by atomic mass is 10.2. The lowest BCUT2D eigenvalue weighted by Gasteiger charge is -1.99. The van der Waals surface area contributed by atoms with Gasteiger partial charge in [-0.15, -0.1) is 22.7 Å². The minimum Gasteiger partial charge on any atom is -0.302 e. The molecule has 2 heterocycles. The summed E-state index contributed by atoms with van der Waals surface area (Å²) in [6.07, 6.45) is 2.53. The number of amides is 1. The molecule has 0 atom stereocenters. The number of aromatic nitrogens is 1. The molecule has 2 rings (SSSR count). The standard InChI is InChI=1S/C13H16N2OS2/c1-3-4-5-12(16)15-13-14-10(8-17-13)11-7-6-9(2)18-11/h6-8H,3-5H2,1-2H3,(H,14,15,16). The number of carbonyl (C=O) groups excluding carboxylic acids is 1. The molecule has 18 heavy (non-hydrogen) atoms. The second-order valence-corrected chi connectivity index (χ2v) is 6.25. The van der Waals surface area contributed by atoms with Crippen LogP contribution in [0.25, 0.3) is 10.6 Å². The second-order valence-electron chi connectivity index (χ2n) is 4.10. The van der Waals surface area contributed by atoms with Crippen molar-refractivity contribution in [1.29, 1.82) is 0 Å². The van der Waals surface area contributed by atoms with Crippen molar-refractivity contribution in [2.24, 2.45) is 0 Å². The number of hydrogen-bond donors (Lipinski definition) is 1. The molecule has 1 amide bonds. The molecule has 0 saturated carbocycles. The van der Waals surface area contributed by atoms with E-state index in [0.29, 0.717) is 11.6 Å². The van der Waals surface area contributed by atoms with E-state index < -0.39 is 0 Å². The van der Waals surface area contributed by atoms with Crippen molar-refractivity contribution >= 4 is 33.7 Å². The lowest BCUT2D eigenvalue weighted by molar-refractivity contribution is -0.116. The molecule has 1 N–H and O–H groups in total. The number of anilines is 1. The second kappa shape index (κ2) is 6.11. The number of nitrogens with zero attached hydrogens (tertiary/aromatic N) is 1. The molecule has 0 aliphatic heterocycles. The average Bonchev–Trinajstić information content (AvgIpc) is 2.95. The van der Waals surface area contributed by atoms with Gasteiger partial charge in [0.05, 0.1) is 10.6 Å². The fourth-order valence-corrected chi connectivity index (χ4v) is 3.17. The zero-order valence-corrected chi connectivity index (χ0v) is 12.2. The predicted octanol–water partition coefficient (Wildman–Crippen LogP) is 4.31. The molecular weight excluding hydrogens is 264 g/mol. The maximum Gasteiger partial charge on any atom is 0.226 e. The molecule has 0 spiro atoms. The SMILES string of the molecule is CCCCC(=O)Nc1nc(-c2ccc(C)s2)cs1. The first-order chi connectivity index (χ1) is 8.69. The van der Waals surface area contributed by atoms with E-state index in [-0.39, 0.29) is 5.91 Å². The summed E-state index contributed by atoms with van der Waals surface area (Å²) in [5, 5.41) is 5.53. The first-order valence-corrected chi connectivity index (χ1v) is 7.71. The fourth-order valence-electron chi connectivity index (χ4n) is 1.54. The molecule has 0 unspecified atom stereocenters. The van der Waals surface area contributed by atoms with Crippen LogP contribution >= 0.6 is 22.7 Å². The molecule has 5 heteroatoms. The van der Waals surface area contributed by atoms with Crippen LogP contribution in [-0.2, 0) is 4.79 Å². The van der Waals surface area contributed by atoms with Crippen LogP contribution in [0.4, 0.5) is 5.13 Å². The van der Waals surface area contributed by atoms with Crippen molar-refractivity contribution in [2.75, 3.05) is 5.32 Å². The minimum atomic E-state index is 0.0557. The van der Waals surface area contributed by atoms with Gasteiger partial charge >= 0.3 is 0 Å². The Morgan fingerprint density at radius 3 is 2.94 bits per heavy atom. The number of rotatable bonds is 5. The zero-order chi connectivity index (χ0) is 13.0. The Balaban J connectivity index is 2.00. The third kappa shape index (κ3) is 3.40. The first kappa shape index (κ1) is 13.2. The van der Waals surface area contributed by atoms with E-state index in [2.05, 4.69) is 36.3 Å². The van der Waals surface area contributed by atoms with Crippen molar-refractivity contribution in [3.05, 3.63) is 22.4 Å². The van der Waals surface area contributed by atoms with Gasteiger partial charge in [-0.2, -0.15) is 0 Å². The van der Waals surface area contributed by atoms with Gasteiger partial charge in [0.1, 0.15) is 0 Å². The summed E-state index contributed by atoms with van der Waals surface area (Å²) >= 11 is 3.20. The highest BCUT2D eigenvalue weighted by Crippen LogP contribution is 2.30. The Morgan fingerprint density at radius 2 is 2.28 bits per heavy atom. The van der Waals surface area contributed by atoms with Crippen molar-refractivity contribution in [3.63, 3.8) is 0 Å². The highest BCUT2D eigenvalue weighted by molar-refractivity contribution is 7.17. The number of aryl methyl sites for hydroxylation is 1. The third-order valence-corrected chi connectivity index (χ3v) is 4.28. The van der Waals surface area contributed by atoms with E-state index >= 15 is 0 Å². The maximum absolute atomic E-state index is 11.6. The molecule has 0 radical (unpaired) electrons. The summed E-state index contributed by atoms with van der Waals surface area (Å²) in [4.78, 5) is 18.4. The molecule has 3 nitrogen and oxygen atoms in total. The summed E-state index contributed by atoms with van der Waals surface area (Å²) in [5.74, 6) is 0.0557. The summed E-state index contributed by atoms with van der Waals surface area (Å²) in [6, 6.07) is 4.15. The molecular formula is C13H16N2OS2. The van der Waals surface area contributed by atoms with E-state index in [1.165, 1.54) is 16.2 Å². The summed E-state index contributed by atoms with van der Waals surface area (Å²) in [5.41, 5.74) is 0.948. The Morgan fingerprint density at radius 1 is 1.44 bits per heavy atom. The Labute approximate surface area is 115 Å². The van der Waals surface area contributed by atoms with E-state index in [1.54, 1.807) is 11.3 Å². The topological polar surface area (TPSA) is 42.0 Å². The zero-order valence-electron chi connectivity index (χ0n) is 10.5. The Bertz CT molecular complexity index is 531. The number of carbonyl (C=O) groups is 1. The van der Waals surface area contributed by atoms with Gasteiger partial charge in [0.25, 0.3) is 0 Å². The highest BCUT2D eigenvalue weighted by atomic mass is 32.1. The van der Waals surface area contributed by atoms with Crippen molar-refractivity contribution in [2.45, 2.75) is 33.1 Å². The number of hydrogen-bond acceptors (Lipinski definition) is 4. The molecule has 0 aliphatic rings. The Kier molecular flexibility index (Phi) is 4.49. The van der Waals surface area contributed by atoms with Gasteiger partial charge in [0, 0.05) is 16.7 Å². The first-order valence-electron chi connectivity index (χ1n) is 6.01. The van der Waals surface area contributed by atoms with Crippen LogP contribution in [0.3, 0.4) is 0 Å². The van der Waals surface area contributed by atoms with Crippen LogP contribution in [0.2, 0.25) is 0 Å². The van der Waals surface area contributed by atoms with Crippen LogP contribution < -0.4 is 5.32 Å². The van der Waals surface area contributed by atoms with Gasteiger partial charge in [-0.1, -0.05) is 13.3 Å². The molecule has 2 aromatic heterocycles. The molecule has 2 aromatic rings. The smallest absolute Gasteiger partial charge is 0.226 e. The maximum atomic E-state index is 11.6. The number of unbranched alkanes of at least 4 members (excludes halogenated alkanes) is 1. The van der Waals surface area contributed by atoms with Gasteiger partial charge < -0.3 is 5.32 Å². The van der Waals surface area contributed by atoms with Gasteiger partial charge in [0.2, 0.25) is 5.91 Å². The van der Waals surface area contributed by atoms with Crippen molar-refractivity contribution in [1.82, 2.24) is 4.98 Å². The van der Waals surface area contributed by atoms with Crippen LogP contribution in [0.1, 0.15) is 31.1 Å². The number of nitrogens with one attached hydrogen (secondary N) is 1. The van der Waals surface area contributed by atoms with E-state index in [0.717, 1.165) is 23.4 Å². The summed E-state index contributed by atoms with van der Waals surface area (Å²) in [6.45, 7) is 4.15. The molecule has 96 valence electrons. The number of thiazole rings is 1. The van der Waals surface area contributed by atoms with Crippen LogP contribution in [0.15, 0.2) is 17.5 Å². The average molecular weight is 280 g/mol. The van der Waals surface area contributed by atoms with Gasteiger partial charge in [-0.3, -0.25) is 4.79 Å². The van der Waals surface area contributed by atoms with Gasteiger partial charge in [-0.05, 0) is 25.5 Å². The third-order valence-electron chi connectivity index (χ3n) is 2.50. The van der Waals surface area contributed by atoms with Gasteiger partial charge in [0.15, 0.2) is 5.13 Å². The summed E-state index contributed by atoms with van der Waals surface area (Å²) < 4.78 is 0. The molecule has 0 fully saturated rings. The quantitative estimate of drug-likeness (QED) is 0.886. The number of thiophene rings is 1.